The van der Waals surface area contributed by atoms with Crippen molar-refractivity contribution < 1.29 is 9.90 Å². The van der Waals surface area contributed by atoms with Crippen LogP contribution in [0.4, 0.5) is 0 Å². The molecule has 18 heavy (non-hydrogen) atoms. The first-order valence-electron chi connectivity index (χ1n) is 6.24. The topological polar surface area (TPSA) is 65.1 Å². The molecule has 4 heteroatoms. The second kappa shape index (κ2) is 5.69. The average Bonchev–Trinajstić information content (AvgIpc) is 2.84. The van der Waals surface area contributed by atoms with Crippen molar-refractivity contribution in [3.63, 3.8) is 0 Å². The van der Waals surface area contributed by atoms with Gasteiger partial charge >= 0.3 is 0 Å². The lowest BCUT2D eigenvalue weighted by Crippen LogP contribution is -2.32. The Kier molecular flexibility index (Phi) is 3.99. The Hall–Kier alpha value is -1.81. The van der Waals surface area contributed by atoms with Crippen molar-refractivity contribution in [3.8, 4) is 0 Å². The first kappa shape index (κ1) is 12.6. The summed E-state index contributed by atoms with van der Waals surface area (Å²) in [6.07, 6.45) is 2.95. The van der Waals surface area contributed by atoms with E-state index in [4.69, 9.17) is 0 Å². The molecule has 1 unspecified atom stereocenters. The summed E-state index contributed by atoms with van der Waals surface area (Å²) < 4.78 is 0. The predicted molar refractivity (Wildman–Crippen MR) is 71.5 cm³/mol. The Morgan fingerprint density at radius 2 is 2.28 bits per heavy atom. The summed E-state index contributed by atoms with van der Waals surface area (Å²) >= 11 is 0. The number of aromatic nitrogens is 1. The molecule has 96 valence electrons. The molecular weight excluding hydrogens is 228 g/mol. The zero-order chi connectivity index (χ0) is 13.0. The van der Waals surface area contributed by atoms with Crippen LogP contribution in [0.15, 0.2) is 30.5 Å². The van der Waals surface area contributed by atoms with Crippen LogP contribution in [-0.2, 0) is 0 Å². The van der Waals surface area contributed by atoms with Crippen LogP contribution in [0.25, 0.3) is 10.9 Å². The van der Waals surface area contributed by atoms with E-state index in [0.717, 1.165) is 17.3 Å². The number of carbonyl (C=O) groups excluding carboxylic acids is 1. The van der Waals surface area contributed by atoms with Gasteiger partial charge in [-0.1, -0.05) is 19.4 Å². The number of aromatic amines is 1. The van der Waals surface area contributed by atoms with Crippen LogP contribution >= 0.6 is 0 Å². The van der Waals surface area contributed by atoms with Gasteiger partial charge in [0, 0.05) is 29.2 Å². The monoisotopic (exact) mass is 246 g/mol. The molecule has 1 aromatic heterocycles. The molecule has 1 aromatic carbocycles. The Labute approximate surface area is 106 Å². The summed E-state index contributed by atoms with van der Waals surface area (Å²) in [6.45, 7) is 2.30. The highest BCUT2D eigenvalue weighted by atomic mass is 16.3. The molecule has 0 aliphatic heterocycles. The molecule has 1 heterocycles. The molecular formula is C14H18N2O2. The van der Waals surface area contributed by atoms with Crippen molar-refractivity contribution in [1.29, 1.82) is 0 Å². The number of aliphatic hydroxyl groups is 1. The van der Waals surface area contributed by atoms with E-state index >= 15 is 0 Å². The largest absolute Gasteiger partial charge is 0.391 e. The first-order valence-corrected chi connectivity index (χ1v) is 6.24. The van der Waals surface area contributed by atoms with Crippen molar-refractivity contribution in [3.05, 3.63) is 36.0 Å². The van der Waals surface area contributed by atoms with Gasteiger partial charge < -0.3 is 15.4 Å². The molecule has 0 spiro atoms. The predicted octanol–water partition coefficient (Wildman–Crippen LogP) is 2.06. The van der Waals surface area contributed by atoms with Crippen molar-refractivity contribution in [2.45, 2.75) is 25.9 Å². The SMILES string of the molecule is CCCC(O)CNC(=O)c1cccc2[nH]ccc12. The Balaban J connectivity index is 2.07. The van der Waals surface area contributed by atoms with Crippen molar-refractivity contribution in [2.75, 3.05) is 6.54 Å². The van der Waals surface area contributed by atoms with Crippen LogP contribution in [-0.4, -0.2) is 28.6 Å². The molecule has 1 amide bonds. The van der Waals surface area contributed by atoms with E-state index in [-0.39, 0.29) is 5.91 Å². The molecule has 0 saturated heterocycles. The fraction of sp³-hybridized carbons (Fsp3) is 0.357. The lowest BCUT2D eigenvalue weighted by atomic mass is 10.1. The summed E-state index contributed by atoms with van der Waals surface area (Å²) in [5.74, 6) is -0.143. The van der Waals surface area contributed by atoms with Gasteiger partial charge in [0.2, 0.25) is 0 Å². The number of carbonyl (C=O) groups is 1. The molecule has 0 radical (unpaired) electrons. The third-order valence-electron chi connectivity index (χ3n) is 2.96. The maximum absolute atomic E-state index is 12.0. The summed E-state index contributed by atoms with van der Waals surface area (Å²) in [7, 11) is 0. The number of rotatable bonds is 5. The quantitative estimate of drug-likeness (QED) is 0.756. The molecule has 1 atom stereocenters. The van der Waals surface area contributed by atoms with E-state index in [0.29, 0.717) is 18.5 Å². The number of amides is 1. The standard InChI is InChI=1S/C14H18N2O2/c1-2-4-10(17)9-16-14(18)12-5-3-6-13-11(12)7-8-15-13/h3,5-8,10,15,17H,2,4,9H2,1H3,(H,16,18). The highest BCUT2D eigenvalue weighted by molar-refractivity contribution is 6.06. The second-order valence-corrected chi connectivity index (χ2v) is 4.40. The Morgan fingerprint density at radius 1 is 1.44 bits per heavy atom. The summed E-state index contributed by atoms with van der Waals surface area (Å²) in [5, 5.41) is 13.3. The normalized spacial score (nSPS) is 12.6. The average molecular weight is 246 g/mol. The van der Waals surface area contributed by atoms with E-state index in [2.05, 4.69) is 10.3 Å². The maximum Gasteiger partial charge on any atom is 0.252 e. The molecule has 0 aliphatic rings. The number of hydrogen-bond donors (Lipinski definition) is 3. The summed E-state index contributed by atoms with van der Waals surface area (Å²) in [5.41, 5.74) is 1.58. The molecule has 4 nitrogen and oxygen atoms in total. The zero-order valence-corrected chi connectivity index (χ0v) is 10.4. The molecule has 0 saturated carbocycles. The van der Waals surface area contributed by atoms with Gasteiger partial charge in [-0.05, 0) is 24.6 Å². The smallest absolute Gasteiger partial charge is 0.252 e. The van der Waals surface area contributed by atoms with Crippen LogP contribution in [0.3, 0.4) is 0 Å². The van der Waals surface area contributed by atoms with Crippen molar-refractivity contribution in [1.82, 2.24) is 10.3 Å². The number of H-pyrrole nitrogens is 1. The zero-order valence-electron chi connectivity index (χ0n) is 10.4. The fourth-order valence-electron chi connectivity index (χ4n) is 2.02. The number of nitrogens with one attached hydrogen (secondary N) is 2. The molecule has 0 fully saturated rings. The molecule has 2 rings (SSSR count). The Morgan fingerprint density at radius 3 is 3.06 bits per heavy atom. The van der Waals surface area contributed by atoms with E-state index in [9.17, 15) is 9.90 Å². The van der Waals surface area contributed by atoms with Gasteiger partial charge in [0.1, 0.15) is 0 Å². The first-order chi connectivity index (χ1) is 8.72. The minimum absolute atomic E-state index is 0.143. The van der Waals surface area contributed by atoms with Crippen LogP contribution in [0.1, 0.15) is 30.1 Å². The maximum atomic E-state index is 12.0. The molecule has 2 aromatic rings. The van der Waals surface area contributed by atoms with E-state index in [1.807, 2.05) is 31.3 Å². The summed E-state index contributed by atoms with van der Waals surface area (Å²) in [4.78, 5) is 15.1. The molecule has 0 aliphatic carbocycles. The van der Waals surface area contributed by atoms with Gasteiger partial charge in [0.15, 0.2) is 0 Å². The van der Waals surface area contributed by atoms with Crippen LogP contribution in [0, 0.1) is 0 Å². The third-order valence-corrected chi connectivity index (χ3v) is 2.96. The van der Waals surface area contributed by atoms with Gasteiger partial charge in [0.25, 0.3) is 5.91 Å². The lowest BCUT2D eigenvalue weighted by molar-refractivity contribution is 0.0912. The molecule has 0 bridgehead atoms. The lowest BCUT2D eigenvalue weighted by Gasteiger charge is -2.11. The Bertz CT molecular complexity index is 533. The number of fused-ring (bicyclic) bond motifs is 1. The van der Waals surface area contributed by atoms with Gasteiger partial charge in [-0.15, -0.1) is 0 Å². The highest BCUT2D eigenvalue weighted by Crippen LogP contribution is 2.17. The van der Waals surface area contributed by atoms with Crippen molar-refractivity contribution in [2.24, 2.45) is 0 Å². The fourth-order valence-corrected chi connectivity index (χ4v) is 2.02. The van der Waals surface area contributed by atoms with Crippen LogP contribution < -0.4 is 5.32 Å². The number of hydrogen-bond acceptors (Lipinski definition) is 2. The minimum Gasteiger partial charge on any atom is -0.391 e. The number of aliphatic hydroxyl groups excluding tert-OH is 1. The number of benzene rings is 1. The van der Waals surface area contributed by atoms with Crippen LogP contribution in [0.5, 0.6) is 0 Å². The highest BCUT2D eigenvalue weighted by Gasteiger charge is 2.11. The van der Waals surface area contributed by atoms with Crippen molar-refractivity contribution >= 4 is 16.8 Å². The minimum atomic E-state index is -0.468. The molecule has 3 N–H and O–H groups in total. The summed E-state index contributed by atoms with van der Waals surface area (Å²) in [6, 6.07) is 7.44. The van der Waals surface area contributed by atoms with Gasteiger partial charge in [-0.2, -0.15) is 0 Å². The van der Waals surface area contributed by atoms with E-state index in [1.165, 1.54) is 0 Å². The van der Waals surface area contributed by atoms with Gasteiger partial charge in [0.05, 0.1) is 6.10 Å². The van der Waals surface area contributed by atoms with Gasteiger partial charge in [-0.3, -0.25) is 4.79 Å². The van der Waals surface area contributed by atoms with E-state index < -0.39 is 6.10 Å². The third kappa shape index (κ3) is 2.71. The van der Waals surface area contributed by atoms with E-state index in [1.54, 1.807) is 6.07 Å². The second-order valence-electron chi connectivity index (χ2n) is 4.40. The van der Waals surface area contributed by atoms with Gasteiger partial charge in [-0.25, -0.2) is 0 Å². The van der Waals surface area contributed by atoms with Crippen LogP contribution in [0.2, 0.25) is 0 Å².